The minimum absolute atomic E-state index is 0. The maximum atomic E-state index is 10.5. The van der Waals surface area contributed by atoms with Gasteiger partial charge < -0.3 is 14.0 Å². The van der Waals surface area contributed by atoms with Gasteiger partial charge in [0.2, 0.25) is 0 Å². The Morgan fingerprint density at radius 3 is 2.04 bits per heavy atom. The molecule has 0 bridgehead atoms. The van der Waals surface area contributed by atoms with Crippen LogP contribution in [0, 0.1) is 37.2 Å². The number of imidazole rings is 1. The number of para-hydroxylation sites is 2. The zero-order chi connectivity index (χ0) is 51.3. The average molecular weight is 1060 g/mol. The molecule has 4 heterocycles. The van der Waals surface area contributed by atoms with E-state index in [0.29, 0.717) is 33.3 Å². The van der Waals surface area contributed by atoms with E-state index in [1.807, 2.05) is 66.7 Å². The Morgan fingerprint density at radius 1 is 0.716 bits per heavy atom. The molecule has 10 rings (SSSR count). The minimum Gasteiger partial charge on any atom is -0.500 e. The van der Waals surface area contributed by atoms with Crippen molar-refractivity contribution in [2.75, 3.05) is 0 Å². The summed E-state index contributed by atoms with van der Waals surface area (Å²) in [7, 11) is 0. The van der Waals surface area contributed by atoms with Crippen LogP contribution in [-0.2, 0) is 25.5 Å². The van der Waals surface area contributed by atoms with E-state index in [1.54, 1.807) is 18.3 Å². The summed E-state index contributed by atoms with van der Waals surface area (Å²) >= 11 is 0. The van der Waals surface area contributed by atoms with Gasteiger partial charge in [0, 0.05) is 62.6 Å². The molecule has 335 valence electrons. The number of benzene rings is 6. The summed E-state index contributed by atoms with van der Waals surface area (Å²) in [6.45, 7) is 10.1. The number of fused-ring (bicyclic) bond motifs is 4. The summed E-state index contributed by atoms with van der Waals surface area (Å²) in [6, 6.07) is 51.8. The number of nitrogens with zero attached hydrogens (tertiary/aromatic N) is 6. The zero-order valence-electron chi connectivity index (χ0n) is 44.4. The fourth-order valence-corrected chi connectivity index (χ4v) is 8.47. The van der Waals surface area contributed by atoms with Crippen molar-refractivity contribution in [3.63, 3.8) is 0 Å². The molecular formula is C59H52IrN6O-2. The standard InChI is InChI=1S/C48H44N5O.C11H8N.Ir/c1-27(2)38-23-32(31-17-19-35(20-18-31)48(7,8)9)24-39(28(3)4)44(38)53-41-16-11-10-15-40(41)52-47(53)37-14-12-13-36-43-34(26-49)22-33(25-42(43)54-45(36)37)46-50-29(5)21-30(6)51-46;1-2-6-10(7-3-1)11-8-4-5-9-12-11;/h10-13,15-25,27-28H,1-9H3;1-6,8-9H;/q2*-1;/i5D3,6D3;;. The average Bonchev–Trinajstić information content (AvgIpc) is 3.94. The number of hydrogen-bond acceptors (Lipinski definition) is 6. The molecular weight excluding hydrogens is 1000 g/mol. The van der Waals surface area contributed by atoms with Crippen molar-refractivity contribution in [2.24, 2.45) is 0 Å². The minimum atomic E-state index is -2.70. The van der Waals surface area contributed by atoms with E-state index in [2.05, 4.69) is 129 Å². The van der Waals surface area contributed by atoms with Crippen LogP contribution in [0.3, 0.4) is 0 Å². The fourth-order valence-electron chi connectivity index (χ4n) is 8.47. The summed E-state index contributed by atoms with van der Waals surface area (Å²) in [5.74, 6) is 0.749. The second kappa shape index (κ2) is 19.1. The van der Waals surface area contributed by atoms with E-state index < -0.39 is 25.1 Å². The summed E-state index contributed by atoms with van der Waals surface area (Å²) in [6.07, 6.45) is 1.79. The molecule has 0 aliphatic rings. The maximum absolute atomic E-state index is 10.5. The molecule has 0 fully saturated rings. The topological polar surface area (TPSA) is 93.4 Å². The van der Waals surface area contributed by atoms with E-state index in [9.17, 15) is 5.26 Å². The van der Waals surface area contributed by atoms with Gasteiger partial charge in [-0.05, 0) is 113 Å². The quantitative estimate of drug-likeness (QED) is 0.148. The summed E-state index contributed by atoms with van der Waals surface area (Å²) < 4.78 is 56.7. The van der Waals surface area contributed by atoms with E-state index in [0.717, 1.165) is 56.3 Å². The van der Waals surface area contributed by atoms with Crippen LogP contribution in [0.1, 0.15) is 102 Å². The first-order valence-corrected chi connectivity index (χ1v) is 22.1. The van der Waals surface area contributed by atoms with Crippen LogP contribution < -0.4 is 0 Å². The van der Waals surface area contributed by atoms with Gasteiger partial charge in [-0.15, -0.1) is 54.1 Å². The van der Waals surface area contributed by atoms with Crippen LogP contribution >= 0.6 is 0 Å². The Balaban J connectivity index is 0.000000477. The Kier molecular flexibility index (Phi) is 11.1. The van der Waals surface area contributed by atoms with Crippen molar-refractivity contribution < 1.29 is 32.7 Å². The van der Waals surface area contributed by atoms with Gasteiger partial charge in [0.05, 0.1) is 34.1 Å². The zero-order valence-corrected chi connectivity index (χ0v) is 40.8. The molecule has 0 atom stereocenters. The molecule has 8 heteroatoms. The first-order chi connectivity index (χ1) is 34.2. The maximum Gasteiger partial charge on any atom is 0.159 e. The Hall–Kier alpha value is -7.04. The summed E-state index contributed by atoms with van der Waals surface area (Å²) in [4.78, 5) is 18.0. The number of furan rings is 1. The number of aryl methyl sites for hydroxylation is 2. The predicted molar refractivity (Wildman–Crippen MR) is 269 cm³/mol. The van der Waals surface area contributed by atoms with Crippen LogP contribution in [0.5, 0.6) is 0 Å². The number of pyridine rings is 1. The van der Waals surface area contributed by atoms with Gasteiger partial charge in [-0.25, -0.2) is 9.97 Å². The Morgan fingerprint density at radius 2 is 1.42 bits per heavy atom. The van der Waals surface area contributed by atoms with Crippen molar-refractivity contribution in [3.05, 3.63) is 185 Å². The Bertz CT molecular complexity index is 3560. The first kappa shape index (κ1) is 39.2. The molecule has 0 N–H and O–H groups in total. The van der Waals surface area contributed by atoms with Gasteiger partial charge >= 0.3 is 0 Å². The monoisotopic (exact) mass is 1060 g/mol. The van der Waals surface area contributed by atoms with E-state index in [-0.39, 0.29) is 54.3 Å². The number of nitriles is 1. The van der Waals surface area contributed by atoms with Gasteiger partial charge in [-0.2, -0.15) is 5.26 Å². The number of rotatable bonds is 7. The molecule has 0 unspecified atom stereocenters. The second-order valence-corrected chi connectivity index (χ2v) is 18.1. The molecule has 4 aromatic heterocycles. The van der Waals surface area contributed by atoms with Gasteiger partial charge in [0.25, 0.3) is 0 Å². The van der Waals surface area contributed by atoms with Crippen molar-refractivity contribution in [3.8, 4) is 56.9 Å². The molecule has 1 radical (unpaired) electrons. The third kappa shape index (κ3) is 9.23. The molecule has 67 heavy (non-hydrogen) atoms. The van der Waals surface area contributed by atoms with E-state index >= 15 is 0 Å². The number of hydrogen-bond donors (Lipinski definition) is 0. The molecule has 0 amide bonds. The first-order valence-electron chi connectivity index (χ1n) is 25.1. The largest absolute Gasteiger partial charge is 0.500 e. The van der Waals surface area contributed by atoms with E-state index in [1.165, 1.54) is 11.6 Å². The molecule has 0 saturated heterocycles. The third-order valence-electron chi connectivity index (χ3n) is 11.8. The van der Waals surface area contributed by atoms with Crippen LogP contribution in [-0.4, -0.2) is 24.5 Å². The number of aromatic nitrogens is 5. The molecule has 0 saturated carbocycles. The van der Waals surface area contributed by atoms with E-state index in [4.69, 9.17) is 17.6 Å². The van der Waals surface area contributed by atoms with Gasteiger partial charge in [-0.3, -0.25) is 4.98 Å². The molecule has 0 aliphatic carbocycles. The second-order valence-electron chi connectivity index (χ2n) is 18.1. The third-order valence-corrected chi connectivity index (χ3v) is 11.8. The van der Waals surface area contributed by atoms with Crippen molar-refractivity contribution >= 4 is 33.0 Å². The normalized spacial score (nSPS) is 13.2. The summed E-state index contributed by atoms with van der Waals surface area (Å²) in [5.41, 5.74) is 11.7. The molecule has 10 aromatic rings. The van der Waals surface area contributed by atoms with Crippen molar-refractivity contribution in [1.82, 2.24) is 24.5 Å². The van der Waals surface area contributed by atoms with Crippen molar-refractivity contribution in [1.29, 1.82) is 5.26 Å². The van der Waals surface area contributed by atoms with Gasteiger partial charge in [-0.1, -0.05) is 108 Å². The van der Waals surface area contributed by atoms with Crippen LogP contribution in [0.2, 0.25) is 0 Å². The van der Waals surface area contributed by atoms with Crippen LogP contribution in [0.25, 0.3) is 83.8 Å². The molecule has 7 nitrogen and oxygen atoms in total. The smallest absolute Gasteiger partial charge is 0.159 e. The van der Waals surface area contributed by atoms with Gasteiger partial charge in [0.15, 0.2) is 5.82 Å². The van der Waals surface area contributed by atoms with Gasteiger partial charge in [0.1, 0.15) is 5.58 Å². The summed E-state index contributed by atoms with van der Waals surface area (Å²) in [5, 5.41) is 11.7. The fraction of sp³-hybridized carbons (Fsp3) is 0.203. The molecule has 0 spiro atoms. The molecule has 0 aliphatic heterocycles. The van der Waals surface area contributed by atoms with Crippen LogP contribution in [0.15, 0.2) is 144 Å². The SMILES string of the molecule is [2H]C([2H])([2H])c1cc(C([2H])([2H])[2H])nc(-c2cc(C#N)c3c(c2)oc2c(-c4nc5ccccc5n4-c4c(C(C)C)cc(-c5ccc(C(C)(C)C)cc5)cc4C(C)C)[c-]ccc23)n1.[Ir].[c-]1ccccc1-c1ccccn1. The Labute approximate surface area is 415 Å². The predicted octanol–water partition coefficient (Wildman–Crippen LogP) is 15.1. The van der Waals surface area contributed by atoms with Crippen LogP contribution in [0.4, 0.5) is 0 Å². The molecule has 6 aromatic carbocycles. The van der Waals surface area contributed by atoms with Crippen molar-refractivity contribution in [2.45, 2.75) is 79.4 Å².